The lowest BCUT2D eigenvalue weighted by Crippen LogP contribution is -2.45. The van der Waals surface area contributed by atoms with Crippen LogP contribution < -0.4 is 11.1 Å². The van der Waals surface area contributed by atoms with E-state index in [-0.39, 0.29) is 22.5 Å². The molecule has 106 valence electrons. The van der Waals surface area contributed by atoms with Gasteiger partial charge in [0.25, 0.3) is 5.91 Å². The topological polar surface area (TPSA) is 55.1 Å². The Balaban J connectivity index is 2.81. The second-order valence-electron chi connectivity index (χ2n) is 6.81. The maximum Gasteiger partial charge on any atom is 0.251 e. The molecule has 0 bridgehead atoms. The van der Waals surface area contributed by atoms with Crippen molar-refractivity contribution in [1.29, 1.82) is 0 Å². The number of rotatable bonds is 3. The number of benzene rings is 1. The Bertz CT molecular complexity index is 476. The number of anilines is 1. The van der Waals surface area contributed by atoms with Gasteiger partial charge in [0.1, 0.15) is 5.82 Å². The summed E-state index contributed by atoms with van der Waals surface area (Å²) < 4.78 is 13.1. The molecule has 1 amide bonds. The minimum Gasteiger partial charge on any atom is -0.396 e. The molecule has 0 aromatic heterocycles. The van der Waals surface area contributed by atoms with Crippen molar-refractivity contribution < 1.29 is 9.18 Å². The fraction of sp³-hybridized carbons (Fsp3) is 0.533. The maximum atomic E-state index is 13.1. The third-order valence-corrected chi connectivity index (χ3v) is 2.68. The largest absolute Gasteiger partial charge is 0.396 e. The summed E-state index contributed by atoms with van der Waals surface area (Å²) in [4.78, 5) is 12.1. The lowest BCUT2D eigenvalue weighted by molar-refractivity contribution is 0.0891. The summed E-state index contributed by atoms with van der Waals surface area (Å²) in [5.41, 5.74) is 5.61. The minimum atomic E-state index is -0.509. The highest BCUT2D eigenvalue weighted by molar-refractivity contribution is 5.95. The van der Waals surface area contributed by atoms with Gasteiger partial charge in [-0.05, 0) is 43.9 Å². The van der Waals surface area contributed by atoms with E-state index < -0.39 is 5.82 Å². The first kappa shape index (κ1) is 15.5. The van der Waals surface area contributed by atoms with Gasteiger partial charge in [0.05, 0.1) is 5.69 Å². The quantitative estimate of drug-likeness (QED) is 0.824. The Morgan fingerprint density at radius 3 is 2.32 bits per heavy atom. The second kappa shape index (κ2) is 5.19. The SMILES string of the molecule is CC(C)(C)CC(C)(C)NC(=O)c1ccc(F)c(N)c1. The van der Waals surface area contributed by atoms with Crippen molar-refractivity contribution in [3.05, 3.63) is 29.6 Å². The molecule has 0 atom stereocenters. The first-order valence-corrected chi connectivity index (χ1v) is 6.38. The highest BCUT2D eigenvalue weighted by Crippen LogP contribution is 2.27. The number of nitrogens with one attached hydrogen (secondary N) is 1. The van der Waals surface area contributed by atoms with Crippen LogP contribution in [0.2, 0.25) is 0 Å². The van der Waals surface area contributed by atoms with E-state index in [0.29, 0.717) is 5.56 Å². The van der Waals surface area contributed by atoms with Crippen LogP contribution in [0.4, 0.5) is 10.1 Å². The number of hydrogen-bond acceptors (Lipinski definition) is 2. The van der Waals surface area contributed by atoms with Crippen LogP contribution >= 0.6 is 0 Å². The lowest BCUT2D eigenvalue weighted by Gasteiger charge is -2.33. The standard InChI is InChI=1S/C15H23FN2O/c1-14(2,3)9-15(4,5)18-13(19)10-6-7-11(16)12(17)8-10/h6-8H,9,17H2,1-5H3,(H,18,19). The summed E-state index contributed by atoms with van der Waals surface area (Å²) in [5, 5.41) is 2.96. The first-order chi connectivity index (χ1) is 8.50. The van der Waals surface area contributed by atoms with Crippen LogP contribution in [-0.2, 0) is 0 Å². The van der Waals surface area contributed by atoms with Gasteiger partial charge in [0, 0.05) is 11.1 Å². The van der Waals surface area contributed by atoms with Crippen molar-refractivity contribution in [3.8, 4) is 0 Å². The molecule has 1 rings (SSSR count). The number of halogens is 1. The number of hydrogen-bond donors (Lipinski definition) is 2. The van der Waals surface area contributed by atoms with E-state index in [2.05, 4.69) is 26.1 Å². The molecule has 0 aliphatic heterocycles. The van der Waals surface area contributed by atoms with Gasteiger partial charge in [0.2, 0.25) is 0 Å². The van der Waals surface area contributed by atoms with Gasteiger partial charge in [-0.25, -0.2) is 4.39 Å². The predicted molar refractivity (Wildman–Crippen MR) is 76.4 cm³/mol. The Morgan fingerprint density at radius 2 is 1.84 bits per heavy atom. The van der Waals surface area contributed by atoms with Crippen molar-refractivity contribution in [2.75, 3.05) is 5.73 Å². The minimum absolute atomic E-state index is 0.0127. The van der Waals surface area contributed by atoms with Gasteiger partial charge in [-0.15, -0.1) is 0 Å². The Labute approximate surface area is 114 Å². The molecule has 0 radical (unpaired) electrons. The zero-order valence-electron chi connectivity index (χ0n) is 12.3. The van der Waals surface area contributed by atoms with Gasteiger partial charge in [-0.3, -0.25) is 4.79 Å². The molecule has 0 saturated carbocycles. The number of carbonyl (C=O) groups is 1. The van der Waals surface area contributed by atoms with E-state index >= 15 is 0 Å². The van der Waals surface area contributed by atoms with E-state index in [9.17, 15) is 9.18 Å². The average Bonchev–Trinajstić information content (AvgIpc) is 2.17. The molecule has 19 heavy (non-hydrogen) atoms. The normalized spacial score (nSPS) is 12.3. The van der Waals surface area contributed by atoms with Crippen molar-refractivity contribution in [3.63, 3.8) is 0 Å². The number of carbonyl (C=O) groups excluding carboxylic acids is 1. The van der Waals surface area contributed by atoms with Crippen molar-refractivity contribution in [2.45, 2.75) is 46.6 Å². The molecule has 0 unspecified atom stereocenters. The molecule has 0 aliphatic carbocycles. The fourth-order valence-corrected chi connectivity index (χ4v) is 2.43. The average molecular weight is 266 g/mol. The maximum absolute atomic E-state index is 13.1. The Kier molecular flexibility index (Phi) is 4.23. The smallest absolute Gasteiger partial charge is 0.251 e. The van der Waals surface area contributed by atoms with E-state index in [4.69, 9.17) is 5.73 Å². The molecule has 0 fully saturated rings. The first-order valence-electron chi connectivity index (χ1n) is 6.38. The fourth-order valence-electron chi connectivity index (χ4n) is 2.43. The molecule has 0 saturated heterocycles. The number of nitrogens with two attached hydrogens (primary N) is 1. The molecular weight excluding hydrogens is 243 g/mol. The van der Waals surface area contributed by atoms with Crippen molar-refractivity contribution in [1.82, 2.24) is 5.32 Å². The van der Waals surface area contributed by atoms with Crippen LogP contribution in [0.25, 0.3) is 0 Å². The molecule has 3 N–H and O–H groups in total. The molecule has 1 aromatic rings. The van der Waals surface area contributed by atoms with Gasteiger partial charge in [-0.1, -0.05) is 20.8 Å². The summed E-state index contributed by atoms with van der Waals surface area (Å²) in [6.07, 6.45) is 0.836. The summed E-state index contributed by atoms with van der Waals surface area (Å²) in [7, 11) is 0. The van der Waals surface area contributed by atoms with Crippen LogP contribution in [0.3, 0.4) is 0 Å². The Hall–Kier alpha value is -1.58. The van der Waals surface area contributed by atoms with Gasteiger partial charge < -0.3 is 11.1 Å². The zero-order chi connectivity index (χ0) is 14.8. The lowest BCUT2D eigenvalue weighted by atomic mass is 9.81. The highest BCUT2D eigenvalue weighted by Gasteiger charge is 2.27. The van der Waals surface area contributed by atoms with Gasteiger partial charge >= 0.3 is 0 Å². The summed E-state index contributed by atoms with van der Waals surface area (Å²) in [6, 6.07) is 4.01. The summed E-state index contributed by atoms with van der Waals surface area (Å²) in [5.74, 6) is -0.744. The number of amides is 1. The molecule has 0 spiro atoms. The van der Waals surface area contributed by atoms with E-state index in [0.717, 1.165) is 6.42 Å². The van der Waals surface area contributed by atoms with Crippen LogP contribution in [0.1, 0.15) is 51.4 Å². The highest BCUT2D eigenvalue weighted by atomic mass is 19.1. The van der Waals surface area contributed by atoms with Crippen LogP contribution in [0.5, 0.6) is 0 Å². The molecule has 0 heterocycles. The van der Waals surface area contributed by atoms with Crippen LogP contribution in [0, 0.1) is 11.2 Å². The second-order valence-corrected chi connectivity index (χ2v) is 6.81. The predicted octanol–water partition coefficient (Wildman–Crippen LogP) is 3.35. The van der Waals surface area contributed by atoms with Crippen LogP contribution in [0.15, 0.2) is 18.2 Å². The van der Waals surface area contributed by atoms with E-state index in [1.54, 1.807) is 0 Å². The molecule has 3 nitrogen and oxygen atoms in total. The van der Waals surface area contributed by atoms with Gasteiger partial charge in [-0.2, -0.15) is 0 Å². The third-order valence-electron chi connectivity index (χ3n) is 2.68. The Morgan fingerprint density at radius 1 is 1.26 bits per heavy atom. The van der Waals surface area contributed by atoms with Crippen molar-refractivity contribution >= 4 is 11.6 Å². The van der Waals surface area contributed by atoms with E-state index in [1.807, 2.05) is 13.8 Å². The van der Waals surface area contributed by atoms with E-state index in [1.165, 1.54) is 18.2 Å². The summed E-state index contributed by atoms with van der Waals surface area (Å²) in [6.45, 7) is 10.3. The molecule has 1 aromatic carbocycles. The third kappa shape index (κ3) is 4.89. The van der Waals surface area contributed by atoms with Crippen molar-refractivity contribution in [2.24, 2.45) is 5.41 Å². The zero-order valence-corrected chi connectivity index (χ0v) is 12.3. The molecular formula is C15H23FN2O. The summed E-state index contributed by atoms with van der Waals surface area (Å²) >= 11 is 0. The number of nitrogen functional groups attached to an aromatic ring is 1. The molecule has 4 heteroatoms. The molecule has 0 aliphatic rings. The van der Waals surface area contributed by atoms with Gasteiger partial charge in [0.15, 0.2) is 0 Å². The van der Waals surface area contributed by atoms with Crippen LogP contribution in [-0.4, -0.2) is 11.4 Å². The monoisotopic (exact) mass is 266 g/mol.